The molecule has 0 unspecified atom stereocenters. The summed E-state index contributed by atoms with van der Waals surface area (Å²) >= 11 is 0. The normalized spacial score (nSPS) is 19.4. The Morgan fingerprint density at radius 3 is 2.73 bits per heavy atom. The van der Waals surface area contributed by atoms with Gasteiger partial charge in [0.05, 0.1) is 13.3 Å². The third kappa shape index (κ3) is 5.34. The molecule has 1 aliphatic rings. The van der Waals surface area contributed by atoms with E-state index in [-0.39, 0.29) is 24.7 Å². The Morgan fingerprint density at radius 1 is 1.19 bits per heavy atom. The Balaban J connectivity index is 1.38. The number of nitrogens with zero attached hydrogens (tertiary/aromatic N) is 2. The SMILES string of the molecule is COc1cccc(OCC(=O)NC2CCC(Oc3cnccn3)CC2)c1. The van der Waals surface area contributed by atoms with Crippen molar-refractivity contribution in [3.05, 3.63) is 42.9 Å². The molecule has 7 heteroatoms. The van der Waals surface area contributed by atoms with Crippen molar-refractivity contribution >= 4 is 5.91 Å². The van der Waals surface area contributed by atoms with E-state index in [9.17, 15) is 4.79 Å². The van der Waals surface area contributed by atoms with Gasteiger partial charge in [-0.3, -0.25) is 9.78 Å². The summed E-state index contributed by atoms with van der Waals surface area (Å²) in [6.45, 7) is -0.0107. The largest absolute Gasteiger partial charge is 0.497 e. The minimum absolute atomic E-state index is 0.0107. The van der Waals surface area contributed by atoms with Gasteiger partial charge in [0.2, 0.25) is 5.88 Å². The molecule has 0 saturated heterocycles. The Bertz CT molecular complexity index is 703. The number of hydrogen-bond acceptors (Lipinski definition) is 6. The summed E-state index contributed by atoms with van der Waals surface area (Å²) < 4.78 is 16.5. The monoisotopic (exact) mass is 357 g/mol. The molecule has 138 valence electrons. The van der Waals surface area contributed by atoms with Crippen LogP contribution in [0.5, 0.6) is 17.4 Å². The van der Waals surface area contributed by atoms with Gasteiger partial charge in [0, 0.05) is 24.5 Å². The molecule has 0 radical (unpaired) electrons. The van der Waals surface area contributed by atoms with Crippen molar-refractivity contribution in [2.75, 3.05) is 13.7 Å². The van der Waals surface area contributed by atoms with Gasteiger partial charge in [0.15, 0.2) is 6.61 Å². The molecule has 1 saturated carbocycles. The number of nitrogens with one attached hydrogen (secondary N) is 1. The van der Waals surface area contributed by atoms with Crippen LogP contribution in [0.3, 0.4) is 0 Å². The van der Waals surface area contributed by atoms with Crippen molar-refractivity contribution in [2.24, 2.45) is 0 Å². The molecule has 1 fully saturated rings. The summed E-state index contributed by atoms with van der Waals surface area (Å²) in [5.74, 6) is 1.74. The fourth-order valence-corrected chi connectivity index (χ4v) is 2.95. The number of aromatic nitrogens is 2. The maximum absolute atomic E-state index is 12.1. The van der Waals surface area contributed by atoms with Crippen molar-refractivity contribution in [3.63, 3.8) is 0 Å². The first-order valence-electron chi connectivity index (χ1n) is 8.72. The van der Waals surface area contributed by atoms with Crippen LogP contribution in [0.25, 0.3) is 0 Å². The van der Waals surface area contributed by atoms with Crippen LogP contribution >= 0.6 is 0 Å². The lowest BCUT2D eigenvalue weighted by atomic mass is 9.93. The highest BCUT2D eigenvalue weighted by atomic mass is 16.5. The zero-order chi connectivity index (χ0) is 18.2. The van der Waals surface area contributed by atoms with Gasteiger partial charge in [0.1, 0.15) is 17.6 Å². The summed E-state index contributed by atoms with van der Waals surface area (Å²) in [5, 5.41) is 3.02. The number of carbonyl (C=O) groups is 1. The predicted molar refractivity (Wildman–Crippen MR) is 95.3 cm³/mol. The van der Waals surface area contributed by atoms with Gasteiger partial charge in [0.25, 0.3) is 5.91 Å². The highest BCUT2D eigenvalue weighted by Gasteiger charge is 2.24. The average Bonchev–Trinajstić information content (AvgIpc) is 2.69. The lowest BCUT2D eigenvalue weighted by Gasteiger charge is -2.29. The summed E-state index contributed by atoms with van der Waals surface area (Å²) in [7, 11) is 1.59. The average molecular weight is 357 g/mol. The van der Waals surface area contributed by atoms with Crippen LogP contribution in [0.2, 0.25) is 0 Å². The first-order chi connectivity index (χ1) is 12.7. The van der Waals surface area contributed by atoms with E-state index in [4.69, 9.17) is 14.2 Å². The number of amides is 1. The molecule has 1 amide bonds. The third-order valence-corrected chi connectivity index (χ3v) is 4.28. The Morgan fingerprint density at radius 2 is 2.00 bits per heavy atom. The van der Waals surface area contributed by atoms with E-state index in [0.717, 1.165) is 25.7 Å². The zero-order valence-corrected chi connectivity index (χ0v) is 14.8. The molecule has 0 bridgehead atoms. The molecular weight excluding hydrogens is 334 g/mol. The van der Waals surface area contributed by atoms with Crippen molar-refractivity contribution in [3.8, 4) is 17.4 Å². The topological polar surface area (TPSA) is 82.6 Å². The second-order valence-corrected chi connectivity index (χ2v) is 6.17. The van der Waals surface area contributed by atoms with E-state index in [2.05, 4.69) is 15.3 Å². The molecule has 1 aromatic carbocycles. The molecule has 0 aliphatic heterocycles. The summed E-state index contributed by atoms with van der Waals surface area (Å²) in [5.41, 5.74) is 0. The van der Waals surface area contributed by atoms with E-state index in [0.29, 0.717) is 17.4 Å². The molecule has 3 rings (SSSR count). The molecule has 0 atom stereocenters. The van der Waals surface area contributed by atoms with Gasteiger partial charge in [-0.2, -0.15) is 0 Å². The lowest BCUT2D eigenvalue weighted by Crippen LogP contribution is -2.41. The molecule has 1 aliphatic carbocycles. The van der Waals surface area contributed by atoms with Crippen LogP contribution in [0.15, 0.2) is 42.9 Å². The minimum atomic E-state index is -0.119. The second kappa shape index (κ2) is 9.03. The summed E-state index contributed by atoms with van der Waals surface area (Å²) in [6, 6.07) is 7.35. The Labute approximate surface area is 152 Å². The van der Waals surface area contributed by atoms with Crippen LogP contribution in [-0.4, -0.2) is 41.7 Å². The van der Waals surface area contributed by atoms with Gasteiger partial charge in [-0.25, -0.2) is 4.98 Å². The fraction of sp³-hybridized carbons (Fsp3) is 0.421. The first-order valence-corrected chi connectivity index (χ1v) is 8.72. The molecular formula is C19H23N3O4. The lowest BCUT2D eigenvalue weighted by molar-refractivity contribution is -0.124. The van der Waals surface area contributed by atoms with Gasteiger partial charge in [-0.1, -0.05) is 6.07 Å². The predicted octanol–water partition coefficient (Wildman–Crippen LogP) is 2.37. The second-order valence-electron chi connectivity index (χ2n) is 6.17. The Hall–Kier alpha value is -2.83. The fourth-order valence-electron chi connectivity index (χ4n) is 2.95. The quantitative estimate of drug-likeness (QED) is 0.819. The van der Waals surface area contributed by atoms with Crippen molar-refractivity contribution < 1.29 is 19.0 Å². The van der Waals surface area contributed by atoms with Crippen LogP contribution in [0, 0.1) is 0 Å². The summed E-state index contributed by atoms with van der Waals surface area (Å²) in [4.78, 5) is 20.2. The number of hydrogen-bond donors (Lipinski definition) is 1. The van der Waals surface area contributed by atoms with Crippen LogP contribution in [0.1, 0.15) is 25.7 Å². The van der Waals surface area contributed by atoms with E-state index < -0.39 is 0 Å². The van der Waals surface area contributed by atoms with Gasteiger partial charge in [-0.15, -0.1) is 0 Å². The van der Waals surface area contributed by atoms with Crippen LogP contribution < -0.4 is 19.5 Å². The number of ether oxygens (including phenoxy) is 3. The Kier molecular flexibility index (Phi) is 6.24. The maximum Gasteiger partial charge on any atom is 0.258 e. The van der Waals surface area contributed by atoms with Crippen molar-refractivity contribution in [1.29, 1.82) is 0 Å². The molecule has 26 heavy (non-hydrogen) atoms. The van der Waals surface area contributed by atoms with Gasteiger partial charge in [-0.05, 0) is 37.8 Å². The van der Waals surface area contributed by atoms with Crippen LogP contribution in [0.4, 0.5) is 0 Å². The number of carbonyl (C=O) groups excluding carboxylic acids is 1. The van der Waals surface area contributed by atoms with E-state index in [1.165, 1.54) is 0 Å². The summed E-state index contributed by atoms with van der Waals surface area (Å²) in [6.07, 6.45) is 8.45. The van der Waals surface area contributed by atoms with Gasteiger partial charge < -0.3 is 19.5 Å². The standard InChI is InChI=1S/C19H23N3O4/c1-24-16-3-2-4-17(11-16)25-13-18(23)22-14-5-7-15(8-6-14)26-19-12-20-9-10-21-19/h2-4,9-12,14-15H,5-8,13H2,1H3,(H,22,23). The van der Waals surface area contributed by atoms with E-state index in [1.54, 1.807) is 37.8 Å². The number of methoxy groups -OCH3 is 1. The number of rotatable bonds is 7. The molecule has 7 nitrogen and oxygen atoms in total. The molecule has 1 N–H and O–H groups in total. The van der Waals surface area contributed by atoms with E-state index >= 15 is 0 Å². The molecule has 2 aromatic rings. The molecule has 1 aromatic heterocycles. The van der Waals surface area contributed by atoms with Crippen LogP contribution in [-0.2, 0) is 4.79 Å². The smallest absolute Gasteiger partial charge is 0.258 e. The highest BCUT2D eigenvalue weighted by Crippen LogP contribution is 2.23. The van der Waals surface area contributed by atoms with Crippen molar-refractivity contribution in [1.82, 2.24) is 15.3 Å². The van der Waals surface area contributed by atoms with Gasteiger partial charge >= 0.3 is 0 Å². The zero-order valence-electron chi connectivity index (χ0n) is 14.8. The molecule has 0 spiro atoms. The van der Waals surface area contributed by atoms with Crippen molar-refractivity contribution in [2.45, 2.75) is 37.8 Å². The highest BCUT2D eigenvalue weighted by molar-refractivity contribution is 5.77. The third-order valence-electron chi connectivity index (χ3n) is 4.28. The van der Waals surface area contributed by atoms with E-state index in [1.807, 2.05) is 12.1 Å². The first kappa shape index (κ1) is 18.0. The number of benzene rings is 1. The minimum Gasteiger partial charge on any atom is -0.497 e. The molecule has 1 heterocycles. The maximum atomic E-state index is 12.1.